The number of carbonyl (C=O) groups is 1. The molecular weight excluding hydrogens is 329 g/mol. The number of benzene rings is 1. The molecule has 5 nitrogen and oxygen atoms in total. The van der Waals surface area contributed by atoms with Gasteiger partial charge in [-0.1, -0.05) is 12.1 Å². The summed E-state index contributed by atoms with van der Waals surface area (Å²) in [6.45, 7) is 5.32. The van der Waals surface area contributed by atoms with Crippen LogP contribution in [0.5, 0.6) is 0 Å². The molecule has 2 heterocycles. The number of nitrogens with one attached hydrogen (secondary N) is 2. The van der Waals surface area contributed by atoms with E-state index in [0.29, 0.717) is 37.6 Å². The number of amides is 1. The zero-order valence-electron chi connectivity index (χ0n) is 13.5. The number of nitrogens with zero attached hydrogens (tertiary/aromatic N) is 1. The zero-order valence-corrected chi connectivity index (χ0v) is 14.3. The Morgan fingerprint density at radius 1 is 1.33 bits per heavy atom. The molecule has 3 aromatic rings. The van der Waals surface area contributed by atoms with Crippen molar-refractivity contribution in [2.75, 3.05) is 0 Å². The zero-order chi connectivity index (χ0) is 17.4. The second-order valence-electron chi connectivity index (χ2n) is 5.65. The van der Waals surface area contributed by atoms with E-state index in [0.717, 1.165) is 0 Å². The van der Waals surface area contributed by atoms with Crippen LogP contribution in [0, 0.1) is 26.6 Å². The van der Waals surface area contributed by atoms with Gasteiger partial charge in [-0.25, -0.2) is 9.37 Å². The number of H-pyrrole nitrogens is 1. The number of aryl methyl sites for hydroxylation is 3. The van der Waals surface area contributed by atoms with E-state index in [9.17, 15) is 14.0 Å². The molecule has 0 radical (unpaired) electrons. The Hall–Kier alpha value is -2.54. The molecule has 0 unspecified atom stereocenters. The average Bonchev–Trinajstić information content (AvgIpc) is 2.85. The van der Waals surface area contributed by atoms with Crippen molar-refractivity contribution in [2.45, 2.75) is 27.3 Å². The second-order valence-corrected chi connectivity index (χ2v) is 6.65. The van der Waals surface area contributed by atoms with E-state index in [4.69, 9.17) is 0 Å². The van der Waals surface area contributed by atoms with Crippen LogP contribution >= 0.6 is 11.3 Å². The predicted octanol–water partition coefficient (Wildman–Crippen LogP) is 2.98. The molecule has 0 fully saturated rings. The number of rotatable bonds is 3. The predicted molar refractivity (Wildman–Crippen MR) is 92.0 cm³/mol. The molecule has 0 aliphatic rings. The summed E-state index contributed by atoms with van der Waals surface area (Å²) in [5.74, 6) is -0.0876. The fourth-order valence-corrected chi connectivity index (χ4v) is 3.62. The summed E-state index contributed by atoms with van der Waals surface area (Å²) in [5.41, 5.74) is 1.60. The molecule has 7 heteroatoms. The highest BCUT2D eigenvalue weighted by Crippen LogP contribution is 2.26. The van der Waals surface area contributed by atoms with Crippen molar-refractivity contribution in [1.82, 2.24) is 15.3 Å². The number of halogens is 1. The highest BCUT2D eigenvalue weighted by molar-refractivity contribution is 7.20. The molecule has 0 bridgehead atoms. The molecule has 0 atom stereocenters. The summed E-state index contributed by atoms with van der Waals surface area (Å²) in [4.78, 5) is 32.4. The topological polar surface area (TPSA) is 74.8 Å². The highest BCUT2D eigenvalue weighted by Gasteiger charge is 2.18. The van der Waals surface area contributed by atoms with Crippen LogP contribution < -0.4 is 10.9 Å². The first-order valence-electron chi connectivity index (χ1n) is 7.40. The third kappa shape index (κ3) is 2.94. The van der Waals surface area contributed by atoms with Gasteiger partial charge in [0.15, 0.2) is 0 Å². The third-order valence-corrected chi connectivity index (χ3v) is 5.00. The van der Waals surface area contributed by atoms with E-state index in [1.165, 1.54) is 17.4 Å². The number of fused-ring (bicyclic) bond motifs is 1. The molecule has 3 rings (SSSR count). The fourth-order valence-electron chi connectivity index (χ4n) is 2.48. The minimum Gasteiger partial charge on any atom is -0.347 e. The lowest BCUT2D eigenvalue weighted by Crippen LogP contribution is -2.22. The maximum absolute atomic E-state index is 13.6. The van der Waals surface area contributed by atoms with Crippen LogP contribution in [-0.2, 0) is 6.54 Å². The van der Waals surface area contributed by atoms with Crippen LogP contribution in [0.4, 0.5) is 4.39 Å². The van der Waals surface area contributed by atoms with E-state index >= 15 is 0 Å². The molecule has 0 aliphatic heterocycles. The third-order valence-electron chi connectivity index (χ3n) is 3.81. The van der Waals surface area contributed by atoms with Crippen LogP contribution in [0.25, 0.3) is 10.2 Å². The van der Waals surface area contributed by atoms with Gasteiger partial charge in [-0.3, -0.25) is 9.59 Å². The van der Waals surface area contributed by atoms with Crippen LogP contribution in [0.1, 0.15) is 32.2 Å². The molecule has 0 aliphatic carbocycles. The van der Waals surface area contributed by atoms with Crippen LogP contribution in [0.2, 0.25) is 0 Å². The Kier molecular flexibility index (Phi) is 4.19. The number of aromatic amines is 1. The van der Waals surface area contributed by atoms with Crippen molar-refractivity contribution in [3.8, 4) is 0 Å². The van der Waals surface area contributed by atoms with Crippen molar-refractivity contribution in [3.05, 3.63) is 61.8 Å². The van der Waals surface area contributed by atoms with Gasteiger partial charge in [0, 0.05) is 6.54 Å². The van der Waals surface area contributed by atoms with E-state index in [1.807, 2.05) is 0 Å². The highest BCUT2D eigenvalue weighted by atomic mass is 32.1. The summed E-state index contributed by atoms with van der Waals surface area (Å²) >= 11 is 1.18. The molecule has 0 spiro atoms. The molecule has 1 aromatic carbocycles. The molecule has 24 heavy (non-hydrogen) atoms. The minimum atomic E-state index is -0.300. The van der Waals surface area contributed by atoms with Gasteiger partial charge < -0.3 is 10.3 Å². The first kappa shape index (κ1) is 16.3. The summed E-state index contributed by atoms with van der Waals surface area (Å²) in [6.07, 6.45) is 0. The van der Waals surface area contributed by atoms with Gasteiger partial charge in [-0.05, 0) is 43.5 Å². The molecular formula is C17H16FN3O2S. The normalized spacial score (nSPS) is 11.0. The lowest BCUT2D eigenvalue weighted by atomic mass is 10.1. The maximum Gasteiger partial charge on any atom is 0.261 e. The van der Waals surface area contributed by atoms with E-state index < -0.39 is 0 Å². The molecule has 2 N–H and O–H groups in total. The van der Waals surface area contributed by atoms with Gasteiger partial charge in [-0.15, -0.1) is 11.3 Å². The van der Waals surface area contributed by atoms with Crippen molar-refractivity contribution in [1.29, 1.82) is 0 Å². The van der Waals surface area contributed by atoms with Crippen LogP contribution in [0.15, 0.2) is 23.0 Å². The Bertz CT molecular complexity index is 1010. The van der Waals surface area contributed by atoms with Crippen LogP contribution in [0.3, 0.4) is 0 Å². The molecule has 124 valence electrons. The first-order valence-corrected chi connectivity index (χ1v) is 8.21. The van der Waals surface area contributed by atoms with Gasteiger partial charge in [0.25, 0.3) is 11.5 Å². The summed E-state index contributed by atoms with van der Waals surface area (Å²) in [6, 6.07) is 4.85. The standard InChI is InChI=1S/C17H16FN3O2S/c1-8-4-5-11(6-12(8)18)7-19-16(23)14-9(2)13-15(22)20-10(3)21-17(13)24-14/h4-6H,7H2,1-3H3,(H,19,23)(H,20,21,22). The number of hydrogen-bond acceptors (Lipinski definition) is 4. The summed E-state index contributed by atoms with van der Waals surface area (Å²) in [7, 11) is 0. The van der Waals surface area contributed by atoms with E-state index in [1.54, 1.807) is 32.9 Å². The maximum atomic E-state index is 13.6. The number of carbonyl (C=O) groups excluding carboxylic acids is 1. The lowest BCUT2D eigenvalue weighted by molar-refractivity contribution is 0.0954. The number of aromatic nitrogens is 2. The Morgan fingerprint density at radius 3 is 2.79 bits per heavy atom. The molecule has 1 amide bonds. The van der Waals surface area contributed by atoms with Crippen LogP contribution in [-0.4, -0.2) is 15.9 Å². The fraction of sp³-hybridized carbons (Fsp3) is 0.235. The Labute approximate surface area is 141 Å². The SMILES string of the molecule is Cc1nc2sc(C(=O)NCc3ccc(C)c(F)c3)c(C)c2c(=O)[nH]1. The lowest BCUT2D eigenvalue weighted by Gasteiger charge is -2.06. The van der Waals surface area contributed by atoms with Crippen molar-refractivity contribution in [3.63, 3.8) is 0 Å². The van der Waals surface area contributed by atoms with Gasteiger partial charge >= 0.3 is 0 Å². The van der Waals surface area contributed by atoms with Crippen molar-refractivity contribution >= 4 is 27.5 Å². The van der Waals surface area contributed by atoms with Gasteiger partial charge in [0.1, 0.15) is 16.5 Å². The molecule has 2 aromatic heterocycles. The van der Waals surface area contributed by atoms with Crippen molar-refractivity contribution < 1.29 is 9.18 Å². The monoisotopic (exact) mass is 345 g/mol. The van der Waals surface area contributed by atoms with E-state index in [-0.39, 0.29) is 23.8 Å². The Balaban J connectivity index is 1.86. The smallest absolute Gasteiger partial charge is 0.261 e. The quantitative estimate of drug-likeness (QED) is 0.766. The van der Waals surface area contributed by atoms with Gasteiger partial charge in [0.2, 0.25) is 0 Å². The van der Waals surface area contributed by atoms with Crippen molar-refractivity contribution in [2.24, 2.45) is 0 Å². The minimum absolute atomic E-state index is 0.215. The summed E-state index contributed by atoms with van der Waals surface area (Å²) in [5, 5.41) is 3.20. The number of hydrogen-bond donors (Lipinski definition) is 2. The van der Waals surface area contributed by atoms with E-state index in [2.05, 4.69) is 15.3 Å². The second kappa shape index (κ2) is 6.16. The Morgan fingerprint density at radius 2 is 2.08 bits per heavy atom. The largest absolute Gasteiger partial charge is 0.347 e. The average molecular weight is 345 g/mol. The summed E-state index contributed by atoms with van der Waals surface area (Å²) < 4.78 is 13.6. The molecule has 0 saturated carbocycles. The van der Waals surface area contributed by atoms with Gasteiger partial charge in [-0.2, -0.15) is 0 Å². The van der Waals surface area contributed by atoms with Gasteiger partial charge in [0.05, 0.1) is 10.3 Å². The molecule has 0 saturated heterocycles. The first-order chi connectivity index (χ1) is 11.4. The number of thiophene rings is 1.